The largest absolute Gasteiger partial charge is 0.453 e. The number of rotatable bonds is 6. The summed E-state index contributed by atoms with van der Waals surface area (Å²) in [6, 6.07) is 6.67. The van der Waals surface area contributed by atoms with Gasteiger partial charge in [-0.05, 0) is 76.0 Å². The lowest BCUT2D eigenvalue weighted by Gasteiger charge is -2.38. The predicted octanol–water partition coefficient (Wildman–Crippen LogP) is 4.69. The van der Waals surface area contributed by atoms with E-state index in [1.807, 2.05) is 26.8 Å². The molecule has 29 heavy (non-hydrogen) atoms. The van der Waals surface area contributed by atoms with Crippen molar-refractivity contribution in [3.63, 3.8) is 0 Å². The van der Waals surface area contributed by atoms with Crippen molar-refractivity contribution in [2.75, 3.05) is 26.7 Å². The highest BCUT2D eigenvalue weighted by Gasteiger charge is 2.32. The normalized spacial score (nSPS) is 18.1. The van der Waals surface area contributed by atoms with Crippen molar-refractivity contribution in [2.45, 2.75) is 58.0 Å². The molecule has 0 bridgehead atoms. The van der Waals surface area contributed by atoms with Crippen molar-refractivity contribution < 1.29 is 23.5 Å². The number of benzene rings is 1. The van der Waals surface area contributed by atoms with E-state index in [-0.39, 0.29) is 23.7 Å². The van der Waals surface area contributed by atoms with Crippen LogP contribution in [0.15, 0.2) is 24.3 Å². The van der Waals surface area contributed by atoms with E-state index >= 15 is 0 Å². The molecule has 2 atom stereocenters. The van der Waals surface area contributed by atoms with Crippen LogP contribution in [0.5, 0.6) is 0 Å². The topological polar surface area (TPSA) is 67.9 Å². The second-order valence-electron chi connectivity index (χ2n) is 8.55. The molecule has 0 spiro atoms. The average Bonchev–Trinajstić information content (AvgIpc) is 2.66. The summed E-state index contributed by atoms with van der Waals surface area (Å²) in [6.07, 6.45) is 2.61. The molecule has 162 valence electrons. The van der Waals surface area contributed by atoms with Gasteiger partial charge in [-0.15, -0.1) is 0 Å². The monoisotopic (exact) mass is 408 g/mol. The number of piperidine rings is 1. The molecule has 1 fully saturated rings. The highest BCUT2D eigenvalue weighted by Crippen LogP contribution is 2.36. The second-order valence-corrected chi connectivity index (χ2v) is 8.55. The molecule has 1 aromatic carbocycles. The Morgan fingerprint density at radius 1 is 1.34 bits per heavy atom. The molecule has 0 saturated carbocycles. The molecule has 7 heteroatoms. The van der Waals surface area contributed by atoms with Crippen LogP contribution in [0.1, 0.15) is 57.9 Å². The van der Waals surface area contributed by atoms with E-state index in [9.17, 15) is 14.0 Å². The molecule has 1 N–H and O–H groups in total. The van der Waals surface area contributed by atoms with E-state index in [1.54, 1.807) is 17.0 Å². The Morgan fingerprint density at radius 3 is 2.76 bits per heavy atom. The Balaban J connectivity index is 2.08. The van der Waals surface area contributed by atoms with Gasteiger partial charge >= 0.3 is 12.2 Å². The summed E-state index contributed by atoms with van der Waals surface area (Å²) in [6.45, 7) is 7.31. The van der Waals surface area contributed by atoms with Gasteiger partial charge in [0.1, 0.15) is 11.4 Å². The summed E-state index contributed by atoms with van der Waals surface area (Å²) in [7, 11) is 1.33. The number of methoxy groups -OCH3 is 1. The third-order valence-corrected chi connectivity index (χ3v) is 5.10. The van der Waals surface area contributed by atoms with Crippen molar-refractivity contribution in [1.29, 1.82) is 0 Å². The summed E-state index contributed by atoms with van der Waals surface area (Å²) in [5, 5.41) is 2.69. The van der Waals surface area contributed by atoms with Crippen LogP contribution in [0.3, 0.4) is 0 Å². The smallest absolute Gasteiger partial charge is 0.410 e. The van der Waals surface area contributed by atoms with Gasteiger partial charge in [0.25, 0.3) is 0 Å². The third-order valence-electron chi connectivity index (χ3n) is 5.10. The van der Waals surface area contributed by atoms with Crippen LogP contribution in [0.2, 0.25) is 0 Å². The lowest BCUT2D eigenvalue weighted by molar-refractivity contribution is 0.0148. The number of ether oxygens (including phenoxy) is 2. The lowest BCUT2D eigenvalue weighted by Crippen LogP contribution is -2.44. The number of hydrogen-bond acceptors (Lipinski definition) is 4. The molecular weight excluding hydrogens is 375 g/mol. The van der Waals surface area contributed by atoms with Crippen LogP contribution >= 0.6 is 0 Å². The van der Waals surface area contributed by atoms with Crippen LogP contribution in [0.25, 0.3) is 0 Å². The van der Waals surface area contributed by atoms with Gasteiger partial charge in [0.05, 0.1) is 7.11 Å². The molecule has 1 heterocycles. The zero-order valence-corrected chi connectivity index (χ0v) is 17.9. The van der Waals surface area contributed by atoms with E-state index in [2.05, 4.69) is 10.1 Å². The maximum Gasteiger partial charge on any atom is 0.410 e. The average molecular weight is 409 g/mol. The first-order valence-corrected chi connectivity index (χ1v) is 10.2. The predicted molar refractivity (Wildman–Crippen MR) is 109 cm³/mol. The summed E-state index contributed by atoms with van der Waals surface area (Å²) in [5.74, 6) is 0.0339. The van der Waals surface area contributed by atoms with Crippen molar-refractivity contribution in [1.82, 2.24) is 10.2 Å². The molecule has 1 saturated heterocycles. The maximum atomic E-state index is 13.9. The van der Waals surface area contributed by atoms with Gasteiger partial charge in [0, 0.05) is 19.6 Å². The van der Waals surface area contributed by atoms with Gasteiger partial charge in [-0.25, -0.2) is 14.0 Å². The Labute approximate surface area is 172 Å². The third kappa shape index (κ3) is 7.55. The number of nitrogens with one attached hydrogen (secondary N) is 1. The van der Waals surface area contributed by atoms with Crippen LogP contribution in [0.4, 0.5) is 14.0 Å². The van der Waals surface area contributed by atoms with Gasteiger partial charge in [0.15, 0.2) is 0 Å². The van der Waals surface area contributed by atoms with Gasteiger partial charge in [-0.3, -0.25) is 0 Å². The van der Waals surface area contributed by atoms with E-state index in [0.29, 0.717) is 19.6 Å². The number of carbonyl (C=O) groups is 2. The van der Waals surface area contributed by atoms with Gasteiger partial charge in [0.2, 0.25) is 0 Å². The number of alkyl carbamates (subject to hydrolysis) is 1. The van der Waals surface area contributed by atoms with Crippen LogP contribution < -0.4 is 5.32 Å². The molecule has 0 aliphatic carbocycles. The van der Waals surface area contributed by atoms with Gasteiger partial charge < -0.3 is 19.7 Å². The fraction of sp³-hybridized carbons (Fsp3) is 0.636. The van der Waals surface area contributed by atoms with Crippen molar-refractivity contribution in [3.8, 4) is 0 Å². The van der Waals surface area contributed by atoms with Crippen molar-refractivity contribution in [3.05, 3.63) is 35.6 Å². The first-order valence-electron chi connectivity index (χ1n) is 10.2. The minimum Gasteiger partial charge on any atom is -0.453 e. The van der Waals surface area contributed by atoms with Gasteiger partial charge in [-0.1, -0.05) is 12.1 Å². The first kappa shape index (κ1) is 23.0. The molecule has 0 aromatic heterocycles. The Morgan fingerprint density at radius 2 is 2.10 bits per heavy atom. The molecule has 2 amide bonds. The summed E-state index contributed by atoms with van der Waals surface area (Å²) in [5.41, 5.74) is 0.394. The number of nitrogens with zero attached hydrogens (tertiary/aromatic N) is 1. The first-order chi connectivity index (χ1) is 13.7. The van der Waals surface area contributed by atoms with Crippen LogP contribution in [-0.2, 0) is 9.47 Å². The fourth-order valence-electron chi connectivity index (χ4n) is 3.83. The maximum absolute atomic E-state index is 13.9. The minimum atomic E-state index is -0.536. The second kappa shape index (κ2) is 10.5. The molecule has 1 aromatic rings. The van der Waals surface area contributed by atoms with Gasteiger partial charge in [-0.2, -0.15) is 0 Å². The lowest BCUT2D eigenvalue weighted by atomic mass is 9.78. The summed E-state index contributed by atoms with van der Waals surface area (Å²) >= 11 is 0. The fourth-order valence-corrected chi connectivity index (χ4v) is 3.83. The summed E-state index contributed by atoms with van der Waals surface area (Å²) in [4.78, 5) is 25.5. The molecule has 6 nitrogen and oxygen atoms in total. The number of likely N-dealkylation sites (tertiary alicyclic amines) is 1. The summed E-state index contributed by atoms with van der Waals surface area (Å²) < 4.78 is 24.0. The number of halogens is 1. The Bertz CT molecular complexity index is 690. The Kier molecular flexibility index (Phi) is 8.29. The van der Waals surface area contributed by atoms with E-state index in [1.165, 1.54) is 13.2 Å². The SMILES string of the molecule is COC(=O)NCCCC(c1cccc(F)c1)[C@@H]1CCCN(C(=O)OC(C)(C)C)C1. The quantitative estimate of drug-likeness (QED) is 0.693. The van der Waals surface area contributed by atoms with Crippen molar-refractivity contribution in [2.24, 2.45) is 5.92 Å². The molecule has 1 unspecified atom stereocenters. The zero-order valence-electron chi connectivity index (χ0n) is 17.9. The minimum absolute atomic E-state index is 0.0929. The standard InChI is InChI=1S/C22H33FN2O4/c1-22(2,3)29-21(27)25-13-7-9-17(15-25)19(11-6-12-24-20(26)28-4)16-8-5-10-18(23)14-16/h5,8,10,14,17,19H,6-7,9,11-13,15H2,1-4H3,(H,24,26)/t17-,19?/m1/s1. The molecule has 0 radical (unpaired) electrons. The highest BCUT2D eigenvalue weighted by atomic mass is 19.1. The highest BCUT2D eigenvalue weighted by molar-refractivity contribution is 5.68. The van der Waals surface area contributed by atoms with E-state index in [4.69, 9.17) is 4.74 Å². The molecular formula is C22H33FN2O4. The van der Waals surface area contributed by atoms with E-state index in [0.717, 1.165) is 31.2 Å². The molecule has 1 aliphatic rings. The van der Waals surface area contributed by atoms with E-state index < -0.39 is 11.7 Å². The Hall–Kier alpha value is -2.31. The molecule has 1 aliphatic heterocycles. The number of carbonyl (C=O) groups excluding carboxylic acids is 2. The molecule has 2 rings (SSSR count). The van der Waals surface area contributed by atoms with Crippen LogP contribution in [0, 0.1) is 11.7 Å². The number of amides is 2. The van der Waals surface area contributed by atoms with Crippen LogP contribution in [-0.4, -0.2) is 49.4 Å². The zero-order chi connectivity index (χ0) is 21.4. The number of hydrogen-bond donors (Lipinski definition) is 1. The van der Waals surface area contributed by atoms with Crippen molar-refractivity contribution >= 4 is 12.2 Å².